The molecule has 0 radical (unpaired) electrons. The maximum atomic E-state index is 12.7. The predicted molar refractivity (Wildman–Crippen MR) is 79.5 cm³/mol. The van der Waals surface area contributed by atoms with Crippen LogP contribution in [0.4, 0.5) is 0 Å². The average Bonchev–Trinajstić information content (AvgIpc) is 2.78. The Labute approximate surface area is 129 Å². The van der Waals surface area contributed by atoms with E-state index >= 15 is 0 Å². The van der Waals surface area contributed by atoms with E-state index in [1.807, 2.05) is 6.92 Å². The lowest BCUT2D eigenvalue weighted by Gasteiger charge is -2.07. The van der Waals surface area contributed by atoms with Crippen LogP contribution in [0.3, 0.4) is 0 Å². The van der Waals surface area contributed by atoms with E-state index in [4.69, 9.17) is 16.6 Å². The SMILES string of the molecule is CCCC1=C(C(=O)c2ccccc2S(C)(=O)=O)CN(Cl)O1. The van der Waals surface area contributed by atoms with Gasteiger partial charge in [-0.1, -0.05) is 19.1 Å². The molecule has 0 spiro atoms. The van der Waals surface area contributed by atoms with E-state index in [9.17, 15) is 13.2 Å². The van der Waals surface area contributed by atoms with E-state index < -0.39 is 9.84 Å². The summed E-state index contributed by atoms with van der Waals surface area (Å²) in [6.07, 6.45) is 2.45. The zero-order valence-electron chi connectivity index (χ0n) is 11.8. The highest BCUT2D eigenvalue weighted by atomic mass is 35.5. The zero-order chi connectivity index (χ0) is 15.6. The number of hydrogen-bond donors (Lipinski definition) is 0. The van der Waals surface area contributed by atoms with Crippen molar-refractivity contribution in [1.29, 1.82) is 0 Å². The predicted octanol–water partition coefficient (Wildman–Crippen LogP) is 2.73. The summed E-state index contributed by atoms with van der Waals surface area (Å²) in [6, 6.07) is 6.16. The maximum absolute atomic E-state index is 12.7. The molecule has 0 saturated carbocycles. The summed E-state index contributed by atoms with van der Waals surface area (Å²) < 4.78 is 24.7. The van der Waals surface area contributed by atoms with Gasteiger partial charge in [-0.2, -0.15) is 0 Å². The Bertz CT molecular complexity index is 697. The van der Waals surface area contributed by atoms with Crippen LogP contribution in [-0.2, 0) is 14.7 Å². The lowest BCUT2D eigenvalue weighted by Crippen LogP contribution is -2.14. The molecule has 0 N–H and O–H groups in total. The van der Waals surface area contributed by atoms with Crippen molar-refractivity contribution in [3.8, 4) is 0 Å². The Morgan fingerprint density at radius 1 is 1.38 bits per heavy atom. The van der Waals surface area contributed by atoms with Gasteiger partial charge in [0.1, 0.15) is 5.76 Å². The van der Waals surface area contributed by atoms with E-state index in [1.54, 1.807) is 12.1 Å². The molecule has 0 amide bonds. The summed E-state index contributed by atoms with van der Waals surface area (Å²) in [5, 5.41) is 0. The van der Waals surface area contributed by atoms with Gasteiger partial charge in [0.25, 0.3) is 0 Å². The van der Waals surface area contributed by atoms with E-state index in [0.29, 0.717) is 17.8 Å². The van der Waals surface area contributed by atoms with Crippen molar-refractivity contribution in [2.24, 2.45) is 0 Å². The molecule has 1 aromatic carbocycles. The van der Waals surface area contributed by atoms with Crippen LogP contribution in [0.2, 0.25) is 0 Å². The summed E-state index contributed by atoms with van der Waals surface area (Å²) in [5.41, 5.74) is 0.558. The quantitative estimate of drug-likeness (QED) is 0.614. The number of carbonyl (C=O) groups excluding carboxylic acids is 1. The number of rotatable bonds is 5. The number of carbonyl (C=O) groups is 1. The van der Waals surface area contributed by atoms with E-state index in [0.717, 1.165) is 17.3 Å². The molecule has 5 nitrogen and oxygen atoms in total. The number of hydroxylamine groups is 1. The van der Waals surface area contributed by atoms with Crippen LogP contribution in [0.25, 0.3) is 0 Å². The number of nitrogens with zero attached hydrogens (tertiary/aromatic N) is 1. The third-order valence-corrected chi connectivity index (χ3v) is 4.45. The van der Waals surface area contributed by atoms with Crippen LogP contribution >= 0.6 is 11.8 Å². The molecule has 2 rings (SSSR count). The first-order valence-corrected chi connectivity index (χ1v) is 8.74. The van der Waals surface area contributed by atoms with Gasteiger partial charge in [-0.3, -0.25) is 4.79 Å². The van der Waals surface area contributed by atoms with Gasteiger partial charge in [0.05, 0.1) is 17.0 Å². The number of allylic oxidation sites excluding steroid dienone is 1. The normalized spacial score (nSPS) is 16.1. The fraction of sp³-hybridized carbons (Fsp3) is 0.357. The molecule has 0 fully saturated rings. The standard InChI is InChI=1S/C14H16ClNO4S/c1-3-6-12-11(9-16(15)20-12)14(17)10-7-4-5-8-13(10)21(2,18)19/h4-5,7-8H,3,6,9H2,1-2H3. The smallest absolute Gasteiger partial charge is 0.195 e. The fourth-order valence-electron chi connectivity index (χ4n) is 2.18. The monoisotopic (exact) mass is 329 g/mol. The fourth-order valence-corrected chi connectivity index (χ4v) is 3.27. The van der Waals surface area contributed by atoms with Gasteiger partial charge in [-0.15, -0.1) is 0 Å². The summed E-state index contributed by atoms with van der Waals surface area (Å²) in [4.78, 5) is 18.0. The third kappa shape index (κ3) is 3.45. The molecule has 0 saturated heterocycles. The molecular weight excluding hydrogens is 314 g/mol. The van der Waals surface area contributed by atoms with Crippen molar-refractivity contribution in [3.05, 3.63) is 41.2 Å². The number of halogens is 1. The lowest BCUT2D eigenvalue weighted by atomic mass is 10.0. The van der Waals surface area contributed by atoms with Crippen molar-refractivity contribution >= 4 is 27.4 Å². The van der Waals surface area contributed by atoms with E-state index in [2.05, 4.69) is 0 Å². The molecule has 0 atom stereocenters. The van der Waals surface area contributed by atoms with Crippen molar-refractivity contribution in [2.75, 3.05) is 12.8 Å². The summed E-state index contributed by atoms with van der Waals surface area (Å²) in [5.74, 6) is 0.142. The highest BCUT2D eigenvalue weighted by Crippen LogP contribution is 2.29. The molecule has 0 unspecified atom stereocenters. The first-order valence-electron chi connectivity index (χ1n) is 6.51. The maximum Gasteiger partial charge on any atom is 0.195 e. The van der Waals surface area contributed by atoms with Crippen molar-refractivity contribution < 1.29 is 18.0 Å². The van der Waals surface area contributed by atoms with Gasteiger partial charge < -0.3 is 4.84 Å². The minimum atomic E-state index is -3.48. The number of hydrogen-bond acceptors (Lipinski definition) is 5. The second-order valence-electron chi connectivity index (χ2n) is 4.82. The van der Waals surface area contributed by atoms with Crippen LogP contribution in [0.5, 0.6) is 0 Å². The van der Waals surface area contributed by atoms with Crippen molar-refractivity contribution in [3.63, 3.8) is 0 Å². The highest BCUT2D eigenvalue weighted by Gasteiger charge is 2.30. The summed E-state index contributed by atoms with van der Waals surface area (Å²) >= 11 is 5.80. The molecule has 0 bridgehead atoms. The Kier molecular flexibility index (Phi) is 4.70. The molecule has 0 aliphatic carbocycles. The molecule has 7 heteroatoms. The molecule has 1 aliphatic rings. The largest absolute Gasteiger partial charge is 0.394 e. The Morgan fingerprint density at radius 3 is 2.67 bits per heavy atom. The van der Waals surface area contributed by atoms with Crippen LogP contribution < -0.4 is 0 Å². The molecule has 1 aromatic rings. The first kappa shape index (κ1) is 16.0. The van der Waals surface area contributed by atoms with Gasteiger partial charge in [-0.25, -0.2) is 8.42 Å². The molecule has 0 aromatic heterocycles. The topological polar surface area (TPSA) is 63.7 Å². The van der Waals surface area contributed by atoms with Gasteiger partial charge in [0.2, 0.25) is 0 Å². The van der Waals surface area contributed by atoms with Gasteiger partial charge in [0.15, 0.2) is 15.6 Å². The lowest BCUT2D eigenvalue weighted by molar-refractivity contribution is -0.00655. The van der Waals surface area contributed by atoms with Crippen LogP contribution in [-0.4, -0.2) is 31.6 Å². The number of benzene rings is 1. The minimum absolute atomic E-state index is 0.0198. The summed E-state index contributed by atoms with van der Waals surface area (Å²) in [6.45, 7) is 2.09. The first-order chi connectivity index (χ1) is 9.84. The Hall–Kier alpha value is -1.37. The number of sulfone groups is 1. The zero-order valence-corrected chi connectivity index (χ0v) is 13.4. The molecule has 1 heterocycles. The number of ketones is 1. The van der Waals surface area contributed by atoms with Gasteiger partial charge in [0, 0.05) is 30.0 Å². The second kappa shape index (κ2) is 6.17. The van der Waals surface area contributed by atoms with E-state index in [-0.39, 0.29) is 22.8 Å². The van der Waals surface area contributed by atoms with Crippen molar-refractivity contribution in [2.45, 2.75) is 24.7 Å². The highest BCUT2D eigenvalue weighted by molar-refractivity contribution is 7.90. The van der Waals surface area contributed by atoms with Crippen molar-refractivity contribution in [1.82, 2.24) is 4.58 Å². The van der Waals surface area contributed by atoms with E-state index in [1.165, 1.54) is 12.1 Å². The number of Topliss-reactive ketones (excluding diaryl/α,β-unsaturated/α-hetero) is 1. The van der Waals surface area contributed by atoms with Crippen LogP contribution in [0, 0.1) is 0 Å². The Morgan fingerprint density at radius 2 is 2.05 bits per heavy atom. The summed E-state index contributed by atoms with van der Waals surface area (Å²) in [7, 11) is -3.48. The second-order valence-corrected chi connectivity index (χ2v) is 7.18. The van der Waals surface area contributed by atoms with Crippen LogP contribution in [0.15, 0.2) is 40.5 Å². The van der Waals surface area contributed by atoms with Gasteiger partial charge >= 0.3 is 0 Å². The Balaban J connectivity index is 2.48. The minimum Gasteiger partial charge on any atom is -0.394 e. The van der Waals surface area contributed by atoms with Crippen LogP contribution in [0.1, 0.15) is 30.1 Å². The molecule has 1 aliphatic heterocycles. The third-order valence-electron chi connectivity index (χ3n) is 3.11. The van der Waals surface area contributed by atoms with Gasteiger partial charge in [-0.05, 0) is 23.1 Å². The molecule has 114 valence electrons. The molecular formula is C14H16ClNO4S. The average molecular weight is 330 g/mol. The molecule has 21 heavy (non-hydrogen) atoms.